The molecule has 1 atom stereocenters. The van der Waals surface area contributed by atoms with E-state index in [0.717, 1.165) is 18.6 Å². The Labute approximate surface area is 182 Å². The Kier molecular flexibility index (Phi) is 22.7. The van der Waals surface area contributed by atoms with Crippen molar-refractivity contribution in [3.63, 3.8) is 0 Å². The molecule has 0 aliphatic rings. The van der Waals surface area contributed by atoms with Crippen molar-refractivity contribution in [2.75, 3.05) is 12.0 Å². The predicted molar refractivity (Wildman–Crippen MR) is 105 cm³/mol. The van der Waals surface area contributed by atoms with Gasteiger partial charge in [0.15, 0.2) is 0 Å². The maximum absolute atomic E-state index is 11.8. The van der Waals surface area contributed by atoms with Crippen LogP contribution in [-0.4, -0.2) is 35.0 Å². The zero-order valence-corrected chi connectivity index (χ0v) is 19.5. The molecule has 0 fully saturated rings. The number of hydrogen-bond donors (Lipinski definition) is 2. The van der Waals surface area contributed by atoms with Gasteiger partial charge >= 0.3 is 35.5 Å². The van der Waals surface area contributed by atoms with E-state index in [-0.39, 0.29) is 36.9 Å². The first-order valence-electron chi connectivity index (χ1n) is 9.63. The molecule has 0 aromatic rings. The number of unbranched alkanes of at least 4 members (excludes halogenated alkanes) is 10. The molecule has 0 aliphatic carbocycles. The van der Waals surface area contributed by atoms with Gasteiger partial charge in [-0.25, -0.2) is 4.79 Å². The van der Waals surface area contributed by atoms with Crippen LogP contribution in [0.2, 0.25) is 0 Å². The first-order valence-corrected chi connectivity index (χ1v) is 11.0. The Morgan fingerprint density at radius 3 is 1.88 bits per heavy atom. The number of aliphatic carboxylic acids is 1. The van der Waals surface area contributed by atoms with Gasteiger partial charge < -0.3 is 11.8 Å². The third-order valence-corrected chi connectivity index (χ3v) is 4.90. The second-order valence-corrected chi connectivity index (χ2v) is 7.51. The van der Waals surface area contributed by atoms with Gasteiger partial charge in [0.2, 0.25) is 5.91 Å². The summed E-state index contributed by atoms with van der Waals surface area (Å²) in [7, 11) is 0. The minimum atomic E-state index is -0.934. The molecule has 0 bridgehead atoms. The number of carboxylic acid groups (broad SMARTS) is 1. The van der Waals surface area contributed by atoms with Crippen LogP contribution in [0.1, 0.15) is 91.8 Å². The summed E-state index contributed by atoms with van der Waals surface area (Å²) in [6.07, 6.45) is 16.6. The number of hydrogen-bond acceptors (Lipinski definition) is 3. The maximum atomic E-state index is 11.8. The largest absolute Gasteiger partial charge is 1.00 e. The minimum Gasteiger partial charge on any atom is -1.00 e. The summed E-state index contributed by atoms with van der Waals surface area (Å²) in [6, 6.07) is -0.738. The van der Waals surface area contributed by atoms with Gasteiger partial charge in [0.25, 0.3) is 0 Å². The van der Waals surface area contributed by atoms with Crippen LogP contribution in [0, 0.1) is 0 Å². The van der Waals surface area contributed by atoms with Crippen molar-refractivity contribution in [2.24, 2.45) is 0 Å². The number of carbonyl (C=O) groups excluding carboxylic acids is 1. The number of carbonyl (C=O) groups is 2. The van der Waals surface area contributed by atoms with E-state index in [0.29, 0.717) is 12.8 Å². The second kappa shape index (κ2) is 20.6. The van der Waals surface area contributed by atoms with Crippen molar-refractivity contribution in [2.45, 2.75) is 96.4 Å². The van der Waals surface area contributed by atoms with Crippen LogP contribution in [0.5, 0.6) is 0 Å². The summed E-state index contributed by atoms with van der Waals surface area (Å²) < 4.78 is 0. The molecule has 25 heavy (non-hydrogen) atoms. The Balaban J connectivity index is -0.00000264. The van der Waals surface area contributed by atoms with Gasteiger partial charge in [-0.15, -0.1) is 0 Å². The standard InChI is InChI=1S/C19H37NO3S.Na.H/c1-3-4-5-6-7-8-9-10-11-12-13-14-18(21)20-17(19(22)23)15-16-24-2;;/h17H,3-16H2,1-2H3,(H,20,21)(H,22,23);;/q;+1;-1. The van der Waals surface area contributed by atoms with E-state index < -0.39 is 12.0 Å². The third-order valence-electron chi connectivity index (χ3n) is 4.25. The van der Waals surface area contributed by atoms with Crippen LogP contribution in [-0.2, 0) is 9.59 Å². The Bertz CT molecular complexity index is 336. The van der Waals surface area contributed by atoms with E-state index in [9.17, 15) is 9.59 Å². The van der Waals surface area contributed by atoms with Crippen molar-refractivity contribution in [3.05, 3.63) is 0 Å². The van der Waals surface area contributed by atoms with Gasteiger partial charge in [0.05, 0.1) is 0 Å². The van der Waals surface area contributed by atoms with Crippen LogP contribution in [0.25, 0.3) is 0 Å². The fraction of sp³-hybridized carbons (Fsp3) is 0.895. The molecule has 144 valence electrons. The molecule has 0 spiro atoms. The average molecular weight is 384 g/mol. The van der Waals surface area contributed by atoms with E-state index in [2.05, 4.69) is 12.2 Å². The molecule has 0 saturated carbocycles. The molecule has 6 heteroatoms. The second-order valence-electron chi connectivity index (χ2n) is 6.53. The van der Waals surface area contributed by atoms with Crippen molar-refractivity contribution in [1.82, 2.24) is 5.32 Å². The van der Waals surface area contributed by atoms with Gasteiger partial charge in [-0.2, -0.15) is 11.8 Å². The van der Waals surface area contributed by atoms with Gasteiger partial charge in [0.1, 0.15) is 6.04 Å². The minimum absolute atomic E-state index is 0. The SMILES string of the molecule is CCCCCCCCCCCCCC(=O)NC(CCSC)C(=O)O.[H-].[Na+]. The molecule has 2 N–H and O–H groups in total. The van der Waals surface area contributed by atoms with Gasteiger partial charge in [-0.3, -0.25) is 4.79 Å². The fourth-order valence-electron chi connectivity index (χ4n) is 2.71. The Morgan fingerprint density at radius 2 is 1.44 bits per heavy atom. The normalized spacial score (nSPS) is 11.6. The first-order chi connectivity index (χ1) is 11.6. The van der Waals surface area contributed by atoms with E-state index in [1.165, 1.54) is 57.8 Å². The summed E-state index contributed by atoms with van der Waals surface area (Å²) in [5.74, 6) is -0.314. The number of carboxylic acids is 1. The first kappa shape index (κ1) is 27.5. The van der Waals surface area contributed by atoms with Crippen LogP contribution < -0.4 is 34.9 Å². The van der Waals surface area contributed by atoms with Crippen molar-refractivity contribution < 1.29 is 45.7 Å². The molecular weight excluding hydrogens is 345 g/mol. The zero-order valence-electron chi connectivity index (χ0n) is 17.6. The molecule has 1 amide bonds. The Morgan fingerprint density at radius 1 is 0.960 bits per heavy atom. The van der Waals surface area contributed by atoms with Crippen molar-refractivity contribution >= 4 is 23.6 Å². The molecule has 0 aromatic heterocycles. The molecular formula is C19H38NNaO3S. The summed E-state index contributed by atoms with van der Waals surface area (Å²) in [5.41, 5.74) is 0. The monoisotopic (exact) mass is 383 g/mol. The average Bonchev–Trinajstić information content (AvgIpc) is 2.56. The number of nitrogens with one attached hydrogen (secondary N) is 1. The smallest absolute Gasteiger partial charge is 1.00 e. The number of thioether (sulfide) groups is 1. The summed E-state index contributed by atoms with van der Waals surface area (Å²) in [6.45, 7) is 2.24. The summed E-state index contributed by atoms with van der Waals surface area (Å²) >= 11 is 1.60. The maximum Gasteiger partial charge on any atom is 1.00 e. The van der Waals surface area contributed by atoms with Crippen LogP contribution >= 0.6 is 11.8 Å². The van der Waals surface area contributed by atoms with E-state index >= 15 is 0 Å². The zero-order chi connectivity index (χ0) is 18.0. The molecule has 0 radical (unpaired) electrons. The molecule has 0 rings (SSSR count). The van der Waals surface area contributed by atoms with Crippen LogP contribution in [0.4, 0.5) is 0 Å². The van der Waals surface area contributed by atoms with E-state index in [4.69, 9.17) is 5.11 Å². The van der Waals surface area contributed by atoms with Crippen molar-refractivity contribution in [1.29, 1.82) is 0 Å². The third kappa shape index (κ3) is 18.9. The Hall–Kier alpha value is 0.290. The van der Waals surface area contributed by atoms with Gasteiger partial charge in [-0.1, -0.05) is 71.1 Å². The molecule has 0 heterocycles. The quantitative estimate of drug-likeness (QED) is 0.298. The molecule has 0 saturated heterocycles. The van der Waals surface area contributed by atoms with Crippen molar-refractivity contribution in [3.8, 4) is 0 Å². The van der Waals surface area contributed by atoms with Crippen LogP contribution in [0.3, 0.4) is 0 Å². The molecule has 0 aliphatic heterocycles. The van der Waals surface area contributed by atoms with E-state index in [1.807, 2.05) is 6.26 Å². The summed E-state index contributed by atoms with van der Waals surface area (Å²) in [5, 5.41) is 11.7. The van der Waals surface area contributed by atoms with E-state index in [1.54, 1.807) is 11.8 Å². The molecule has 4 nitrogen and oxygen atoms in total. The topological polar surface area (TPSA) is 66.4 Å². The van der Waals surface area contributed by atoms with Crippen LogP contribution in [0.15, 0.2) is 0 Å². The molecule has 0 aromatic carbocycles. The number of rotatable bonds is 17. The predicted octanol–water partition coefficient (Wildman–Crippen LogP) is 2.13. The summed E-state index contributed by atoms with van der Waals surface area (Å²) in [4.78, 5) is 22.9. The molecule has 1 unspecified atom stereocenters. The fourth-order valence-corrected chi connectivity index (χ4v) is 3.18. The van der Waals surface area contributed by atoms with Gasteiger partial charge in [0, 0.05) is 6.42 Å². The van der Waals surface area contributed by atoms with Gasteiger partial charge in [-0.05, 0) is 24.9 Å². The number of amides is 1.